The van der Waals surface area contributed by atoms with E-state index in [1.54, 1.807) is 12.1 Å². The summed E-state index contributed by atoms with van der Waals surface area (Å²) in [5.74, 6) is 0.978. The lowest BCUT2D eigenvalue weighted by Crippen LogP contribution is -2.35. The van der Waals surface area contributed by atoms with Crippen molar-refractivity contribution in [2.45, 2.75) is 39.0 Å². The zero-order chi connectivity index (χ0) is 14.0. The van der Waals surface area contributed by atoms with Gasteiger partial charge in [0.05, 0.1) is 0 Å². The van der Waals surface area contributed by atoms with Gasteiger partial charge in [0, 0.05) is 18.0 Å². The van der Waals surface area contributed by atoms with Gasteiger partial charge in [-0.1, -0.05) is 31.0 Å². The minimum absolute atomic E-state index is 0.188. The number of nitrogens with zero attached hydrogens (tertiary/aromatic N) is 1. The Kier molecular flexibility index (Phi) is 4.01. The largest absolute Gasteiger partial charge is 0.335 e. The van der Waals surface area contributed by atoms with Crippen molar-refractivity contribution >= 4 is 22.6 Å². The van der Waals surface area contributed by atoms with Gasteiger partial charge in [-0.05, 0) is 48.9 Å². The van der Waals surface area contributed by atoms with E-state index in [-0.39, 0.29) is 5.82 Å². The zero-order valence-corrected chi connectivity index (χ0v) is 12.7. The predicted molar refractivity (Wildman–Crippen MR) is 85.0 cm³/mol. The van der Waals surface area contributed by atoms with Crippen LogP contribution in [0.5, 0.6) is 0 Å². The molecule has 1 heterocycles. The third-order valence-electron chi connectivity index (χ3n) is 4.42. The average Bonchev–Trinajstić information content (AvgIpc) is 2.45. The highest BCUT2D eigenvalue weighted by Crippen LogP contribution is 2.42. The van der Waals surface area contributed by atoms with Gasteiger partial charge in [0.25, 0.3) is 0 Å². The molecule has 4 heteroatoms. The van der Waals surface area contributed by atoms with E-state index in [1.807, 2.05) is 18.7 Å². The summed E-state index contributed by atoms with van der Waals surface area (Å²) in [7, 11) is 0. The first-order valence-corrected chi connectivity index (χ1v) is 8.36. The highest BCUT2D eigenvalue weighted by atomic mass is 32.2. The number of amidine groups is 1. The van der Waals surface area contributed by atoms with Gasteiger partial charge in [0.1, 0.15) is 5.82 Å². The van der Waals surface area contributed by atoms with Gasteiger partial charge in [-0.2, -0.15) is 0 Å². The summed E-state index contributed by atoms with van der Waals surface area (Å²) in [5, 5.41) is 4.33. The lowest BCUT2D eigenvalue weighted by molar-refractivity contribution is 0.232. The first kappa shape index (κ1) is 13.9. The smallest absolute Gasteiger partial charge is 0.161 e. The van der Waals surface area contributed by atoms with Crippen LogP contribution >= 0.6 is 11.8 Å². The van der Waals surface area contributed by atoms with E-state index in [9.17, 15) is 4.39 Å². The SMILES string of the molecule is Cc1cc(F)ccc1NC1=NCC2(CCCCC2)CS1. The molecular weight excluding hydrogens is 271 g/mol. The maximum absolute atomic E-state index is 13.1. The number of hydrogen-bond donors (Lipinski definition) is 1. The Morgan fingerprint density at radius 3 is 2.70 bits per heavy atom. The fraction of sp³-hybridized carbons (Fsp3) is 0.562. The topological polar surface area (TPSA) is 24.4 Å². The van der Waals surface area contributed by atoms with E-state index in [0.29, 0.717) is 5.41 Å². The Morgan fingerprint density at radius 2 is 2.05 bits per heavy atom. The van der Waals surface area contributed by atoms with Gasteiger partial charge in [-0.3, -0.25) is 4.99 Å². The number of hydrogen-bond acceptors (Lipinski definition) is 3. The van der Waals surface area contributed by atoms with Crippen LogP contribution < -0.4 is 5.32 Å². The molecule has 1 aliphatic carbocycles. The second-order valence-corrected chi connectivity index (χ2v) is 7.02. The molecule has 1 aromatic rings. The van der Waals surface area contributed by atoms with Crippen LogP contribution in [0.4, 0.5) is 10.1 Å². The Balaban J connectivity index is 1.67. The van der Waals surface area contributed by atoms with Crippen LogP contribution in [0.2, 0.25) is 0 Å². The highest BCUT2D eigenvalue weighted by molar-refractivity contribution is 8.14. The standard InChI is InChI=1S/C16H21FN2S/c1-12-9-13(17)5-6-14(12)19-15-18-10-16(11-20-15)7-3-2-4-8-16/h5-6,9H,2-4,7-8,10-11H2,1H3,(H,18,19). The van der Waals surface area contributed by atoms with Gasteiger partial charge < -0.3 is 5.32 Å². The summed E-state index contributed by atoms with van der Waals surface area (Å²) < 4.78 is 13.1. The van der Waals surface area contributed by atoms with Crippen molar-refractivity contribution in [3.8, 4) is 0 Å². The number of aryl methyl sites for hydroxylation is 1. The highest BCUT2D eigenvalue weighted by Gasteiger charge is 2.34. The number of nitrogens with one attached hydrogen (secondary N) is 1. The molecule has 2 nitrogen and oxygen atoms in total. The summed E-state index contributed by atoms with van der Waals surface area (Å²) in [6.07, 6.45) is 6.75. The van der Waals surface area contributed by atoms with Crippen molar-refractivity contribution in [2.24, 2.45) is 10.4 Å². The quantitative estimate of drug-likeness (QED) is 0.818. The Morgan fingerprint density at radius 1 is 1.25 bits per heavy atom. The van der Waals surface area contributed by atoms with Crippen molar-refractivity contribution < 1.29 is 4.39 Å². The second-order valence-electron chi connectivity index (χ2n) is 6.05. The third kappa shape index (κ3) is 3.00. The number of halogens is 1. The number of thioether (sulfide) groups is 1. The molecule has 1 fully saturated rings. The van der Waals surface area contributed by atoms with Gasteiger partial charge in [0.2, 0.25) is 0 Å². The summed E-state index contributed by atoms with van der Waals surface area (Å²) >= 11 is 1.82. The van der Waals surface area contributed by atoms with Gasteiger partial charge >= 0.3 is 0 Å². The fourth-order valence-corrected chi connectivity index (χ4v) is 4.28. The minimum Gasteiger partial charge on any atom is -0.335 e. The van der Waals surface area contributed by atoms with E-state index in [0.717, 1.165) is 23.0 Å². The van der Waals surface area contributed by atoms with Crippen LogP contribution in [-0.2, 0) is 0 Å². The average molecular weight is 292 g/mol. The Labute approximate surface area is 124 Å². The third-order valence-corrected chi connectivity index (χ3v) is 5.68. The fourth-order valence-electron chi connectivity index (χ4n) is 3.11. The van der Waals surface area contributed by atoms with E-state index in [1.165, 1.54) is 43.9 Å². The summed E-state index contributed by atoms with van der Waals surface area (Å²) in [5.41, 5.74) is 2.33. The molecule has 0 radical (unpaired) electrons. The maximum Gasteiger partial charge on any atom is 0.161 e. The summed E-state index contributed by atoms with van der Waals surface area (Å²) in [6, 6.07) is 4.84. The van der Waals surface area contributed by atoms with Crippen molar-refractivity contribution in [1.82, 2.24) is 0 Å². The normalized spacial score (nSPS) is 21.6. The van der Waals surface area contributed by atoms with E-state index in [2.05, 4.69) is 5.32 Å². The molecule has 1 spiro atoms. The number of anilines is 1. The molecule has 108 valence electrons. The van der Waals surface area contributed by atoms with E-state index in [4.69, 9.17) is 4.99 Å². The zero-order valence-electron chi connectivity index (χ0n) is 11.9. The molecule has 0 atom stereocenters. The first-order valence-electron chi connectivity index (χ1n) is 7.37. The van der Waals surface area contributed by atoms with Crippen LogP contribution in [-0.4, -0.2) is 17.5 Å². The molecular formula is C16H21FN2S. The molecule has 0 unspecified atom stereocenters. The van der Waals surface area contributed by atoms with Crippen LogP contribution in [0.1, 0.15) is 37.7 Å². The molecule has 1 aromatic carbocycles. The first-order chi connectivity index (χ1) is 9.67. The molecule has 0 bridgehead atoms. The van der Waals surface area contributed by atoms with Crippen molar-refractivity contribution in [1.29, 1.82) is 0 Å². The molecule has 1 N–H and O–H groups in total. The molecule has 1 saturated carbocycles. The van der Waals surface area contributed by atoms with Gasteiger partial charge in [0.15, 0.2) is 5.17 Å². The molecule has 1 aliphatic heterocycles. The van der Waals surface area contributed by atoms with Crippen LogP contribution in [0, 0.1) is 18.2 Å². The molecule has 2 aliphatic rings. The lowest BCUT2D eigenvalue weighted by Gasteiger charge is -2.38. The summed E-state index contributed by atoms with van der Waals surface area (Å²) in [6.45, 7) is 2.87. The maximum atomic E-state index is 13.1. The van der Waals surface area contributed by atoms with Crippen molar-refractivity contribution in [3.63, 3.8) is 0 Å². The summed E-state index contributed by atoms with van der Waals surface area (Å²) in [4.78, 5) is 4.74. The molecule has 3 rings (SSSR count). The lowest BCUT2D eigenvalue weighted by atomic mass is 9.75. The monoisotopic (exact) mass is 292 g/mol. The number of benzene rings is 1. The van der Waals surface area contributed by atoms with Gasteiger partial charge in [-0.15, -0.1) is 0 Å². The van der Waals surface area contributed by atoms with Crippen LogP contribution in [0.3, 0.4) is 0 Å². The Bertz CT molecular complexity index is 521. The van der Waals surface area contributed by atoms with Crippen LogP contribution in [0.15, 0.2) is 23.2 Å². The molecule has 20 heavy (non-hydrogen) atoms. The molecule has 0 amide bonds. The molecule has 0 saturated heterocycles. The van der Waals surface area contributed by atoms with E-state index >= 15 is 0 Å². The Hall–Kier alpha value is -1.03. The van der Waals surface area contributed by atoms with Gasteiger partial charge in [-0.25, -0.2) is 4.39 Å². The van der Waals surface area contributed by atoms with Crippen molar-refractivity contribution in [2.75, 3.05) is 17.6 Å². The second kappa shape index (κ2) is 5.76. The number of aliphatic imine (C=N–C) groups is 1. The predicted octanol–water partition coefficient (Wildman–Crippen LogP) is 4.60. The van der Waals surface area contributed by atoms with Crippen LogP contribution in [0.25, 0.3) is 0 Å². The van der Waals surface area contributed by atoms with E-state index < -0.39 is 0 Å². The number of rotatable bonds is 1. The molecule has 0 aromatic heterocycles. The minimum atomic E-state index is -0.188. The van der Waals surface area contributed by atoms with Crippen molar-refractivity contribution in [3.05, 3.63) is 29.6 Å².